The number of ether oxygens (including phenoxy) is 1. The van der Waals surface area contributed by atoms with Crippen molar-refractivity contribution in [3.63, 3.8) is 0 Å². The fraction of sp³-hybridized carbons (Fsp3) is 0.188. The van der Waals surface area contributed by atoms with Crippen molar-refractivity contribution in [3.8, 4) is 5.75 Å². The molecule has 0 aliphatic rings. The summed E-state index contributed by atoms with van der Waals surface area (Å²) in [5, 5.41) is 10.9. The van der Waals surface area contributed by atoms with Crippen LogP contribution in [0.5, 0.6) is 5.75 Å². The Balaban J connectivity index is 2.03. The number of hydrogen-bond donors (Lipinski definition) is 1. The van der Waals surface area contributed by atoms with Crippen molar-refractivity contribution >= 4 is 16.7 Å². The zero-order valence-electron chi connectivity index (χ0n) is 10.8. The van der Waals surface area contributed by atoms with E-state index >= 15 is 0 Å². The standard InChI is InChI=1S/C16H16O3/c1-12(16(17)18)6-5-11-19-15-10-4-8-13-7-2-3-9-14(13)15/h2-4,6-10H,5,11H2,1H3,(H,17,18). The second-order valence-corrected chi connectivity index (χ2v) is 4.31. The quantitative estimate of drug-likeness (QED) is 0.656. The third kappa shape index (κ3) is 3.35. The van der Waals surface area contributed by atoms with E-state index in [1.54, 1.807) is 13.0 Å². The molecule has 0 spiro atoms. The first-order chi connectivity index (χ1) is 9.18. The SMILES string of the molecule is CC(=CCCOc1cccc2ccccc12)C(=O)O. The summed E-state index contributed by atoms with van der Waals surface area (Å²) < 4.78 is 5.71. The van der Waals surface area contributed by atoms with E-state index in [0.717, 1.165) is 16.5 Å². The normalized spacial score (nSPS) is 11.5. The van der Waals surface area contributed by atoms with Gasteiger partial charge in [-0.1, -0.05) is 42.5 Å². The maximum atomic E-state index is 10.6. The molecule has 2 aromatic carbocycles. The average Bonchev–Trinajstić information content (AvgIpc) is 2.43. The van der Waals surface area contributed by atoms with Gasteiger partial charge in [0.15, 0.2) is 0 Å². The van der Waals surface area contributed by atoms with E-state index in [1.165, 1.54) is 0 Å². The van der Waals surface area contributed by atoms with Gasteiger partial charge in [0.25, 0.3) is 0 Å². The van der Waals surface area contributed by atoms with Gasteiger partial charge >= 0.3 is 5.97 Å². The van der Waals surface area contributed by atoms with Crippen LogP contribution in [0.25, 0.3) is 10.8 Å². The summed E-state index contributed by atoms with van der Waals surface area (Å²) in [6.45, 7) is 2.05. The van der Waals surface area contributed by atoms with E-state index in [-0.39, 0.29) is 0 Å². The van der Waals surface area contributed by atoms with E-state index in [4.69, 9.17) is 9.84 Å². The molecule has 0 radical (unpaired) electrons. The lowest BCUT2D eigenvalue weighted by Gasteiger charge is -2.08. The third-order valence-corrected chi connectivity index (χ3v) is 2.91. The number of aliphatic carboxylic acids is 1. The molecule has 0 aliphatic carbocycles. The molecule has 2 aromatic rings. The van der Waals surface area contributed by atoms with Gasteiger partial charge in [-0.25, -0.2) is 4.79 Å². The highest BCUT2D eigenvalue weighted by Gasteiger charge is 2.01. The van der Waals surface area contributed by atoms with Gasteiger partial charge in [-0.15, -0.1) is 0 Å². The van der Waals surface area contributed by atoms with Crippen molar-refractivity contribution in [2.45, 2.75) is 13.3 Å². The number of benzene rings is 2. The van der Waals surface area contributed by atoms with Crippen molar-refractivity contribution in [1.82, 2.24) is 0 Å². The van der Waals surface area contributed by atoms with Crippen molar-refractivity contribution in [1.29, 1.82) is 0 Å². The van der Waals surface area contributed by atoms with Crippen molar-refractivity contribution in [2.24, 2.45) is 0 Å². The molecule has 0 saturated carbocycles. The second kappa shape index (κ2) is 6.05. The minimum Gasteiger partial charge on any atom is -0.493 e. The van der Waals surface area contributed by atoms with Crippen LogP contribution < -0.4 is 4.74 Å². The number of rotatable bonds is 5. The lowest BCUT2D eigenvalue weighted by Crippen LogP contribution is -1.99. The van der Waals surface area contributed by atoms with Crippen LogP contribution in [0.1, 0.15) is 13.3 Å². The zero-order valence-corrected chi connectivity index (χ0v) is 10.8. The van der Waals surface area contributed by atoms with Crippen LogP contribution in [-0.4, -0.2) is 17.7 Å². The highest BCUT2D eigenvalue weighted by molar-refractivity contribution is 5.88. The van der Waals surface area contributed by atoms with E-state index in [1.807, 2.05) is 42.5 Å². The van der Waals surface area contributed by atoms with Gasteiger partial charge in [-0.05, 0) is 18.4 Å². The fourth-order valence-corrected chi connectivity index (χ4v) is 1.85. The third-order valence-electron chi connectivity index (χ3n) is 2.91. The van der Waals surface area contributed by atoms with Crippen LogP contribution in [0, 0.1) is 0 Å². The van der Waals surface area contributed by atoms with Crippen molar-refractivity contribution in [3.05, 3.63) is 54.1 Å². The Labute approximate surface area is 112 Å². The minimum atomic E-state index is -0.884. The Morgan fingerprint density at radius 3 is 2.74 bits per heavy atom. The van der Waals surface area contributed by atoms with E-state index in [2.05, 4.69) is 0 Å². The number of carboxylic acid groups (broad SMARTS) is 1. The number of fused-ring (bicyclic) bond motifs is 1. The smallest absolute Gasteiger partial charge is 0.330 e. The molecule has 0 saturated heterocycles. The number of carbonyl (C=O) groups is 1. The molecule has 98 valence electrons. The molecule has 2 rings (SSSR count). The number of carboxylic acids is 1. The lowest BCUT2D eigenvalue weighted by atomic mass is 10.1. The molecule has 0 fully saturated rings. The summed E-state index contributed by atoms with van der Waals surface area (Å²) in [5.41, 5.74) is 0.349. The van der Waals surface area contributed by atoms with E-state index < -0.39 is 5.97 Å². The first kappa shape index (κ1) is 13.1. The molecule has 3 nitrogen and oxygen atoms in total. The maximum Gasteiger partial charge on any atom is 0.330 e. The lowest BCUT2D eigenvalue weighted by molar-refractivity contribution is -0.132. The van der Waals surface area contributed by atoms with Gasteiger partial charge in [0.05, 0.1) is 6.61 Å². The average molecular weight is 256 g/mol. The Morgan fingerprint density at radius 1 is 1.21 bits per heavy atom. The van der Waals surface area contributed by atoms with Crippen LogP contribution in [0.15, 0.2) is 54.1 Å². The van der Waals surface area contributed by atoms with Crippen LogP contribution >= 0.6 is 0 Å². The van der Waals surface area contributed by atoms with Gasteiger partial charge in [0, 0.05) is 17.4 Å². The van der Waals surface area contributed by atoms with Gasteiger partial charge in [-0.2, -0.15) is 0 Å². The van der Waals surface area contributed by atoms with Crippen LogP contribution in [-0.2, 0) is 4.79 Å². The summed E-state index contributed by atoms with van der Waals surface area (Å²) >= 11 is 0. The van der Waals surface area contributed by atoms with Crippen molar-refractivity contribution < 1.29 is 14.6 Å². The second-order valence-electron chi connectivity index (χ2n) is 4.31. The van der Waals surface area contributed by atoms with Gasteiger partial charge in [-0.3, -0.25) is 0 Å². The summed E-state index contributed by atoms with van der Waals surface area (Å²) in [6, 6.07) is 13.9. The molecule has 0 heterocycles. The predicted octanol–water partition coefficient (Wildman–Crippen LogP) is 3.64. The highest BCUT2D eigenvalue weighted by Crippen LogP contribution is 2.25. The Hall–Kier alpha value is -2.29. The summed E-state index contributed by atoms with van der Waals surface area (Å²) in [6.07, 6.45) is 2.26. The Morgan fingerprint density at radius 2 is 1.95 bits per heavy atom. The molecule has 0 bridgehead atoms. The largest absolute Gasteiger partial charge is 0.493 e. The molecular formula is C16H16O3. The monoisotopic (exact) mass is 256 g/mol. The summed E-state index contributed by atoms with van der Waals surface area (Å²) in [4.78, 5) is 10.6. The number of hydrogen-bond acceptors (Lipinski definition) is 2. The first-order valence-corrected chi connectivity index (χ1v) is 6.19. The molecule has 3 heteroatoms. The highest BCUT2D eigenvalue weighted by atomic mass is 16.5. The predicted molar refractivity (Wildman–Crippen MR) is 75.5 cm³/mol. The molecule has 0 unspecified atom stereocenters. The molecule has 19 heavy (non-hydrogen) atoms. The summed E-state index contributed by atoms with van der Waals surface area (Å²) in [5.74, 6) is -0.0513. The topological polar surface area (TPSA) is 46.5 Å². The van der Waals surface area contributed by atoms with Crippen LogP contribution in [0.4, 0.5) is 0 Å². The van der Waals surface area contributed by atoms with Crippen LogP contribution in [0.2, 0.25) is 0 Å². The summed E-state index contributed by atoms with van der Waals surface area (Å²) in [7, 11) is 0. The Bertz CT molecular complexity index is 609. The van der Waals surface area contributed by atoms with Crippen molar-refractivity contribution in [2.75, 3.05) is 6.61 Å². The molecule has 0 amide bonds. The molecule has 0 aromatic heterocycles. The van der Waals surface area contributed by atoms with E-state index in [0.29, 0.717) is 18.6 Å². The molecule has 0 aliphatic heterocycles. The first-order valence-electron chi connectivity index (χ1n) is 6.19. The van der Waals surface area contributed by atoms with Crippen LogP contribution in [0.3, 0.4) is 0 Å². The fourth-order valence-electron chi connectivity index (χ4n) is 1.85. The molecular weight excluding hydrogens is 240 g/mol. The van der Waals surface area contributed by atoms with Gasteiger partial charge in [0.1, 0.15) is 5.75 Å². The van der Waals surface area contributed by atoms with E-state index in [9.17, 15) is 4.79 Å². The van der Waals surface area contributed by atoms with Gasteiger partial charge in [0.2, 0.25) is 0 Å². The molecule has 1 N–H and O–H groups in total. The Kier molecular flexibility index (Phi) is 4.18. The molecule has 0 atom stereocenters. The minimum absolute atomic E-state index is 0.349. The maximum absolute atomic E-state index is 10.6. The zero-order chi connectivity index (χ0) is 13.7. The van der Waals surface area contributed by atoms with Gasteiger partial charge < -0.3 is 9.84 Å².